The third-order valence-corrected chi connectivity index (χ3v) is 2.59. The Morgan fingerprint density at radius 1 is 1.53 bits per heavy atom. The molecule has 0 aromatic heterocycles. The quantitative estimate of drug-likeness (QED) is 0.779. The Kier molecular flexibility index (Phi) is 3.83. The normalized spacial score (nSPS) is 12.6. The Hall–Kier alpha value is -0.930. The molecule has 0 amide bonds. The minimum atomic E-state index is -0.370. The number of hydrogen-bond donors (Lipinski definition) is 2. The van der Waals surface area contributed by atoms with Gasteiger partial charge in [0.2, 0.25) is 0 Å². The zero-order valence-corrected chi connectivity index (χ0v) is 10.0. The summed E-state index contributed by atoms with van der Waals surface area (Å²) >= 11 is 5.95. The Labute approximate surface area is 95.5 Å². The van der Waals surface area contributed by atoms with E-state index in [1.807, 2.05) is 31.0 Å². The van der Waals surface area contributed by atoms with Crippen molar-refractivity contribution in [3.63, 3.8) is 0 Å². The maximum atomic E-state index is 9.30. The van der Waals surface area contributed by atoms with E-state index in [2.05, 4.69) is 0 Å². The zero-order valence-electron chi connectivity index (χ0n) is 9.29. The molecule has 1 rings (SSSR count). The van der Waals surface area contributed by atoms with Gasteiger partial charge >= 0.3 is 0 Å². The van der Waals surface area contributed by atoms with Gasteiger partial charge in [-0.3, -0.25) is 0 Å². The van der Waals surface area contributed by atoms with Gasteiger partial charge in [-0.2, -0.15) is 0 Å². The molecule has 84 valence electrons. The van der Waals surface area contributed by atoms with Crippen LogP contribution in [0.1, 0.15) is 12.5 Å². The second-order valence-electron chi connectivity index (χ2n) is 3.89. The number of nitrogens with zero attached hydrogens (tertiary/aromatic N) is 1. The zero-order chi connectivity index (χ0) is 11.6. The number of hydrogen-bond acceptors (Lipinski definition) is 3. The molecule has 0 heterocycles. The lowest BCUT2D eigenvalue weighted by atomic mass is 10.1. The molecular formula is C11H17ClN2O. The lowest BCUT2D eigenvalue weighted by Crippen LogP contribution is -2.27. The molecule has 4 heteroatoms. The third-order valence-electron chi connectivity index (χ3n) is 2.26. The monoisotopic (exact) mass is 228 g/mol. The van der Waals surface area contributed by atoms with Crippen LogP contribution >= 0.6 is 11.6 Å². The Morgan fingerprint density at radius 3 is 2.67 bits per heavy atom. The molecule has 1 aromatic carbocycles. The highest BCUT2D eigenvalue weighted by atomic mass is 35.5. The average Bonchev–Trinajstić information content (AvgIpc) is 2.09. The number of aliphatic hydroxyl groups excluding tert-OH is 1. The van der Waals surface area contributed by atoms with E-state index in [1.165, 1.54) is 0 Å². The summed E-state index contributed by atoms with van der Waals surface area (Å²) in [6.45, 7) is 4.30. The van der Waals surface area contributed by atoms with Crippen LogP contribution in [0.15, 0.2) is 12.1 Å². The smallest absolute Gasteiger partial charge is 0.0686 e. The van der Waals surface area contributed by atoms with E-state index in [0.29, 0.717) is 17.3 Å². The van der Waals surface area contributed by atoms with E-state index < -0.39 is 0 Å². The lowest BCUT2D eigenvalue weighted by Gasteiger charge is -2.23. The van der Waals surface area contributed by atoms with Gasteiger partial charge in [-0.05, 0) is 31.5 Å². The van der Waals surface area contributed by atoms with Crippen molar-refractivity contribution >= 4 is 23.0 Å². The Morgan fingerprint density at radius 2 is 2.13 bits per heavy atom. The first-order valence-electron chi connectivity index (χ1n) is 4.86. The van der Waals surface area contributed by atoms with Gasteiger partial charge in [0, 0.05) is 19.3 Å². The Balaban J connectivity index is 2.98. The number of aliphatic hydroxyl groups is 1. The molecule has 0 saturated carbocycles. The summed E-state index contributed by atoms with van der Waals surface area (Å²) in [4.78, 5) is 1.96. The van der Waals surface area contributed by atoms with Gasteiger partial charge in [0.15, 0.2) is 0 Å². The maximum absolute atomic E-state index is 9.30. The number of aryl methyl sites for hydroxylation is 1. The summed E-state index contributed by atoms with van der Waals surface area (Å²) in [6, 6.07) is 3.67. The fourth-order valence-electron chi connectivity index (χ4n) is 1.60. The molecule has 3 N–H and O–H groups in total. The fourth-order valence-corrected chi connectivity index (χ4v) is 1.76. The van der Waals surface area contributed by atoms with Crippen molar-refractivity contribution in [2.24, 2.45) is 0 Å². The predicted octanol–water partition coefficient (Wildman–Crippen LogP) is 2.05. The number of nitrogens with two attached hydrogens (primary N) is 1. The van der Waals surface area contributed by atoms with Crippen LogP contribution in [-0.4, -0.2) is 24.8 Å². The first kappa shape index (κ1) is 12.1. The van der Waals surface area contributed by atoms with Crippen molar-refractivity contribution in [2.75, 3.05) is 24.2 Å². The molecule has 1 unspecified atom stereocenters. The molecule has 0 radical (unpaired) electrons. The largest absolute Gasteiger partial charge is 0.398 e. The minimum Gasteiger partial charge on any atom is -0.398 e. The molecule has 1 atom stereocenters. The van der Waals surface area contributed by atoms with Gasteiger partial charge < -0.3 is 15.7 Å². The van der Waals surface area contributed by atoms with Gasteiger partial charge in [-0.1, -0.05) is 11.6 Å². The highest BCUT2D eigenvalue weighted by molar-refractivity contribution is 6.33. The van der Waals surface area contributed by atoms with Crippen LogP contribution in [0.3, 0.4) is 0 Å². The number of nitrogen functional groups attached to an aromatic ring is 1. The number of rotatable bonds is 3. The van der Waals surface area contributed by atoms with Crippen LogP contribution in [0.25, 0.3) is 0 Å². The van der Waals surface area contributed by atoms with Gasteiger partial charge in [0.25, 0.3) is 0 Å². The summed E-state index contributed by atoms with van der Waals surface area (Å²) in [5, 5.41) is 9.85. The first-order valence-corrected chi connectivity index (χ1v) is 5.24. The summed E-state index contributed by atoms with van der Waals surface area (Å²) in [7, 11) is 1.92. The maximum Gasteiger partial charge on any atom is 0.0686 e. The van der Waals surface area contributed by atoms with Crippen LogP contribution in [0.4, 0.5) is 11.4 Å². The standard InChI is InChI=1S/C11H17ClN2O/c1-7-4-10(13)9(12)5-11(7)14(3)6-8(2)15/h4-5,8,15H,6,13H2,1-3H3. The molecule has 0 spiro atoms. The lowest BCUT2D eigenvalue weighted by molar-refractivity contribution is 0.201. The van der Waals surface area contributed by atoms with Crippen molar-refractivity contribution in [3.05, 3.63) is 22.7 Å². The van der Waals surface area contributed by atoms with Gasteiger partial charge in [0.1, 0.15) is 0 Å². The van der Waals surface area contributed by atoms with E-state index in [4.69, 9.17) is 17.3 Å². The molecular weight excluding hydrogens is 212 g/mol. The van der Waals surface area contributed by atoms with E-state index in [0.717, 1.165) is 11.3 Å². The topological polar surface area (TPSA) is 49.5 Å². The highest BCUT2D eigenvalue weighted by Gasteiger charge is 2.09. The van der Waals surface area contributed by atoms with E-state index >= 15 is 0 Å². The second-order valence-corrected chi connectivity index (χ2v) is 4.30. The van der Waals surface area contributed by atoms with Gasteiger partial charge in [-0.15, -0.1) is 0 Å². The van der Waals surface area contributed by atoms with Crippen molar-refractivity contribution in [3.8, 4) is 0 Å². The van der Waals surface area contributed by atoms with Crippen LogP contribution in [0, 0.1) is 6.92 Å². The van der Waals surface area contributed by atoms with Crippen molar-refractivity contribution < 1.29 is 5.11 Å². The highest BCUT2D eigenvalue weighted by Crippen LogP contribution is 2.28. The number of anilines is 2. The molecule has 15 heavy (non-hydrogen) atoms. The van der Waals surface area contributed by atoms with Crippen LogP contribution in [0.5, 0.6) is 0 Å². The van der Waals surface area contributed by atoms with E-state index in [1.54, 1.807) is 6.92 Å². The second kappa shape index (κ2) is 4.73. The van der Waals surface area contributed by atoms with Crippen molar-refractivity contribution in [1.29, 1.82) is 0 Å². The Bertz CT molecular complexity index is 353. The number of benzene rings is 1. The molecule has 0 bridgehead atoms. The molecule has 0 fully saturated rings. The average molecular weight is 229 g/mol. The first-order chi connectivity index (χ1) is 6.91. The molecule has 1 aromatic rings. The SMILES string of the molecule is Cc1cc(N)c(Cl)cc1N(C)CC(C)O. The summed E-state index contributed by atoms with van der Waals surface area (Å²) < 4.78 is 0. The summed E-state index contributed by atoms with van der Waals surface area (Å²) in [5.41, 5.74) is 8.33. The third kappa shape index (κ3) is 3.01. The number of likely N-dealkylation sites (N-methyl/N-ethyl adjacent to an activating group) is 1. The van der Waals surface area contributed by atoms with Gasteiger partial charge in [-0.25, -0.2) is 0 Å². The number of halogens is 1. The van der Waals surface area contributed by atoms with Crippen LogP contribution in [-0.2, 0) is 0 Å². The minimum absolute atomic E-state index is 0.370. The fraction of sp³-hybridized carbons (Fsp3) is 0.455. The molecule has 0 aliphatic rings. The molecule has 0 aliphatic heterocycles. The molecule has 0 saturated heterocycles. The van der Waals surface area contributed by atoms with Crippen molar-refractivity contribution in [2.45, 2.75) is 20.0 Å². The van der Waals surface area contributed by atoms with Crippen LogP contribution in [0.2, 0.25) is 5.02 Å². The van der Waals surface area contributed by atoms with Gasteiger partial charge in [0.05, 0.1) is 16.8 Å². The van der Waals surface area contributed by atoms with Crippen LogP contribution < -0.4 is 10.6 Å². The predicted molar refractivity (Wildman–Crippen MR) is 65.6 cm³/mol. The van der Waals surface area contributed by atoms with E-state index in [-0.39, 0.29) is 6.10 Å². The molecule has 0 aliphatic carbocycles. The van der Waals surface area contributed by atoms with Crippen molar-refractivity contribution in [1.82, 2.24) is 0 Å². The summed E-state index contributed by atoms with van der Waals surface area (Å²) in [6.07, 6.45) is -0.370. The van der Waals surface area contributed by atoms with E-state index in [9.17, 15) is 5.11 Å². The molecule has 3 nitrogen and oxygen atoms in total. The summed E-state index contributed by atoms with van der Waals surface area (Å²) in [5.74, 6) is 0.